The van der Waals surface area contributed by atoms with Gasteiger partial charge in [-0.2, -0.15) is 0 Å². The van der Waals surface area contributed by atoms with Crippen LogP contribution in [0.5, 0.6) is 5.75 Å². The fourth-order valence-corrected chi connectivity index (χ4v) is 2.50. The molecule has 0 aliphatic heterocycles. The Morgan fingerprint density at radius 1 is 1.04 bits per heavy atom. The van der Waals surface area contributed by atoms with E-state index in [0.29, 0.717) is 31.0 Å². The van der Waals surface area contributed by atoms with Crippen molar-refractivity contribution in [1.82, 2.24) is 4.90 Å². The molecule has 0 N–H and O–H groups in total. The highest BCUT2D eigenvalue weighted by Gasteiger charge is 2.20. The summed E-state index contributed by atoms with van der Waals surface area (Å²) in [5.41, 5.74) is 0.527. The van der Waals surface area contributed by atoms with Crippen molar-refractivity contribution >= 4 is 11.9 Å². The van der Waals surface area contributed by atoms with Gasteiger partial charge in [-0.25, -0.2) is 0 Å². The number of benzene rings is 1. The molecule has 0 bridgehead atoms. The minimum atomic E-state index is -0.274. The van der Waals surface area contributed by atoms with Crippen LogP contribution in [-0.2, 0) is 9.53 Å². The highest BCUT2D eigenvalue weighted by molar-refractivity contribution is 5.97. The minimum absolute atomic E-state index is 0.103. The van der Waals surface area contributed by atoms with Gasteiger partial charge in [0, 0.05) is 13.1 Å². The highest BCUT2D eigenvalue weighted by Crippen LogP contribution is 2.20. The van der Waals surface area contributed by atoms with E-state index in [9.17, 15) is 9.59 Å². The van der Waals surface area contributed by atoms with Crippen LogP contribution in [-0.4, -0.2) is 43.6 Å². The second kappa shape index (κ2) is 11.5. The lowest BCUT2D eigenvalue weighted by Gasteiger charge is -2.23. The van der Waals surface area contributed by atoms with Crippen LogP contribution in [0.1, 0.15) is 56.3 Å². The SMILES string of the molecule is CCCCCCN(CCC(=O)OCC)C(=O)c1ccccc1OC. The van der Waals surface area contributed by atoms with E-state index in [1.165, 1.54) is 0 Å². The number of nitrogens with zero attached hydrogens (tertiary/aromatic N) is 1. The lowest BCUT2D eigenvalue weighted by molar-refractivity contribution is -0.143. The quantitative estimate of drug-likeness (QED) is 0.457. The van der Waals surface area contributed by atoms with Gasteiger partial charge in [0.05, 0.1) is 25.7 Å². The van der Waals surface area contributed by atoms with Gasteiger partial charge < -0.3 is 14.4 Å². The maximum atomic E-state index is 12.9. The average Bonchev–Trinajstić information content (AvgIpc) is 2.60. The number of methoxy groups -OCH3 is 1. The molecule has 0 heterocycles. The molecule has 0 radical (unpaired) electrons. The Labute approximate surface area is 144 Å². The van der Waals surface area contributed by atoms with Crippen molar-refractivity contribution in [3.8, 4) is 5.75 Å². The van der Waals surface area contributed by atoms with E-state index in [-0.39, 0.29) is 18.3 Å². The largest absolute Gasteiger partial charge is 0.496 e. The second-order valence-electron chi connectivity index (χ2n) is 5.61. The summed E-state index contributed by atoms with van der Waals surface area (Å²) in [7, 11) is 1.55. The molecule has 0 unspecified atom stereocenters. The van der Waals surface area contributed by atoms with Gasteiger partial charge in [0.15, 0.2) is 0 Å². The maximum absolute atomic E-state index is 12.9. The minimum Gasteiger partial charge on any atom is -0.496 e. The molecule has 5 heteroatoms. The number of hydrogen-bond acceptors (Lipinski definition) is 4. The zero-order chi connectivity index (χ0) is 17.8. The molecule has 1 aromatic carbocycles. The Morgan fingerprint density at radius 3 is 2.46 bits per heavy atom. The molecule has 0 aliphatic rings. The van der Waals surface area contributed by atoms with E-state index >= 15 is 0 Å². The van der Waals surface area contributed by atoms with Gasteiger partial charge in [-0.3, -0.25) is 9.59 Å². The van der Waals surface area contributed by atoms with Gasteiger partial charge in [0.2, 0.25) is 0 Å². The zero-order valence-electron chi connectivity index (χ0n) is 15.0. The normalized spacial score (nSPS) is 10.3. The Balaban J connectivity index is 2.77. The molecule has 0 fully saturated rings. The predicted molar refractivity (Wildman–Crippen MR) is 94.3 cm³/mol. The van der Waals surface area contributed by atoms with Gasteiger partial charge in [0.1, 0.15) is 5.75 Å². The average molecular weight is 335 g/mol. The van der Waals surface area contributed by atoms with Crippen LogP contribution >= 0.6 is 0 Å². The van der Waals surface area contributed by atoms with E-state index in [2.05, 4.69) is 6.92 Å². The summed E-state index contributed by atoms with van der Waals surface area (Å²) in [6, 6.07) is 7.18. The number of hydrogen-bond donors (Lipinski definition) is 0. The molecule has 1 amide bonds. The van der Waals surface area contributed by atoms with Crippen LogP contribution in [0.2, 0.25) is 0 Å². The van der Waals surface area contributed by atoms with Crippen molar-refractivity contribution in [2.45, 2.75) is 46.0 Å². The number of esters is 1. The first-order valence-corrected chi connectivity index (χ1v) is 8.71. The number of unbranched alkanes of at least 4 members (excludes halogenated alkanes) is 3. The summed E-state index contributed by atoms with van der Waals surface area (Å²) >= 11 is 0. The molecule has 0 aliphatic carbocycles. The third-order valence-electron chi connectivity index (χ3n) is 3.80. The lowest BCUT2D eigenvalue weighted by atomic mass is 10.1. The third kappa shape index (κ3) is 6.60. The van der Waals surface area contributed by atoms with Crippen LogP contribution in [0, 0.1) is 0 Å². The van der Waals surface area contributed by atoms with Crippen molar-refractivity contribution in [2.75, 3.05) is 26.8 Å². The molecule has 0 spiro atoms. The summed E-state index contributed by atoms with van der Waals surface area (Å²) < 4.78 is 10.2. The Bertz CT molecular complexity index is 516. The van der Waals surface area contributed by atoms with E-state index in [1.807, 2.05) is 12.1 Å². The molecule has 1 rings (SSSR count). The molecule has 24 heavy (non-hydrogen) atoms. The summed E-state index contributed by atoms with van der Waals surface area (Å²) in [6.45, 7) is 5.28. The number of carbonyl (C=O) groups excluding carboxylic acids is 2. The van der Waals surface area contributed by atoms with Crippen molar-refractivity contribution in [1.29, 1.82) is 0 Å². The Hall–Kier alpha value is -2.04. The molecule has 0 saturated carbocycles. The predicted octanol–water partition coefficient (Wildman–Crippen LogP) is 3.67. The molecule has 134 valence electrons. The van der Waals surface area contributed by atoms with Crippen LogP contribution in [0.25, 0.3) is 0 Å². The topological polar surface area (TPSA) is 55.8 Å². The van der Waals surface area contributed by atoms with Gasteiger partial charge >= 0.3 is 5.97 Å². The molecule has 5 nitrogen and oxygen atoms in total. The van der Waals surface area contributed by atoms with E-state index in [4.69, 9.17) is 9.47 Å². The summed E-state index contributed by atoms with van der Waals surface area (Å²) in [5.74, 6) is 0.175. The van der Waals surface area contributed by atoms with Crippen molar-refractivity contribution < 1.29 is 19.1 Å². The van der Waals surface area contributed by atoms with Crippen LogP contribution < -0.4 is 4.74 Å². The standard InChI is InChI=1S/C19H29NO4/c1-4-6-7-10-14-20(15-13-18(21)24-5-2)19(22)16-11-8-9-12-17(16)23-3/h8-9,11-12H,4-7,10,13-15H2,1-3H3. The first kappa shape index (κ1) is 20.0. The summed E-state index contributed by atoms with van der Waals surface area (Å²) in [6.07, 6.45) is 4.50. The number of ether oxygens (including phenoxy) is 2. The number of rotatable bonds is 11. The van der Waals surface area contributed by atoms with Gasteiger partial charge in [0.25, 0.3) is 5.91 Å². The number of carbonyl (C=O) groups is 2. The number of para-hydroxylation sites is 1. The van der Waals surface area contributed by atoms with Crippen LogP contribution in [0.4, 0.5) is 0 Å². The Morgan fingerprint density at radius 2 is 1.79 bits per heavy atom. The number of amides is 1. The van der Waals surface area contributed by atoms with Gasteiger partial charge in [-0.05, 0) is 25.5 Å². The fraction of sp³-hybridized carbons (Fsp3) is 0.579. The lowest BCUT2D eigenvalue weighted by Crippen LogP contribution is -2.34. The smallest absolute Gasteiger partial charge is 0.307 e. The van der Waals surface area contributed by atoms with Gasteiger partial charge in [-0.1, -0.05) is 38.3 Å². The van der Waals surface area contributed by atoms with E-state index < -0.39 is 0 Å². The monoisotopic (exact) mass is 335 g/mol. The second-order valence-corrected chi connectivity index (χ2v) is 5.61. The fourth-order valence-electron chi connectivity index (χ4n) is 2.50. The first-order chi connectivity index (χ1) is 11.6. The maximum Gasteiger partial charge on any atom is 0.307 e. The first-order valence-electron chi connectivity index (χ1n) is 8.71. The molecule has 0 saturated heterocycles. The summed E-state index contributed by atoms with van der Waals surface area (Å²) in [4.78, 5) is 26.2. The molecule has 1 aromatic rings. The summed E-state index contributed by atoms with van der Waals surface area (Å²) in [5, 5.41) is 0. The van der Waals surface area contributed by atoms with Crippen LogP contribution in [0.3, 0.4) is 0 Å². The highest BCUT2D eigenvalue weighted by atomic mass is 16.5. The van der Waals surface area contributed by atoms with E-state index in [0.717, 1.165) is 25.7 Å². The molecule has 0 aromatic heterocycles. The van der Waals surface area contributed by atoms with Crippen molar-refractivity contribution in [3.63, 3.8) is 0 Å². The third-order valence-corrected chi connectivity index (χ3v) is 3.80. The molecular weight excluding hydrogens is 306 g/mol. The van der Waals surface area contributed by atoms with E-state index in [1.54, 1.807) is 31.1 Å². The van der Waals surface area contributed by atoms with Crippen molar-refractivity contribution in [3.05, 3.63) is 29.8 Å². The Kier molecular flexibility index (Phi) is 9.58. The molecule has 0 atom stereocenters. The zero-order valence-corrected chi connectivity index (χ0v) is 15.0. The van der Waals surface area contributed by atoms with Crippen LogP contribution in [0.15, 0.2) is 24.3 Å². The van der Waals surface area contributed by atoms with Crippen molar-refractivity contribution in [2.24, 2.45) is 0 Å². The molecular formula is C19H29NO4. The van der Waals surface area contributed by atoms with Gasteiger partial charge in [-0.15, -0.1) is 0 Å².